The van der Waals surface area contributed by atoms with Crippen LogP contribution in [0.4, 0.5) is 5.82 Å². The van der Waals surface area contributed by atoms with Crippen LogP contribution in [0.3, 0.4) is 0 Å². The summed E-state index contributed by atoms with van der Waals surface area (Å²) in [7, 11) is 1.84. The van der Waals surface area contributed by atoms with Gasteiger partial charge in [-0.1, -0.05) is 28.1 Å². The first-order chi connectivity index (χ1) is 9.17. The maximum absolute atomic E-state index is 5.63. The summed E-state index contributed by atoms with van der Waals surface area (Å²) in [5.41, 5.74) is 2.06. The van der Waals surface area contributed by atoms with Gasteiger partial charge in [-0.2, -0.15) is 0 Å². The van der Waals surface area contributed by atoms with Crippen LogP contribution in [0.15, 0.2) is 34.8 Å². The van der Waals surface area contributed by atoms with E-state index >= 15 is 0 Å². The maximum atomic E-state index is 5.63. The number of ether oxygens (including phenoxy) is 1. The molecule has 1 aromatic carbocycles. The van der Waals surface area contributed by atoms with Crippen molar-refractivity contribution in [1.82, 2.24) is 9.97 Å². The smallest absolute Gasteiger partial charge is 0.156 e. The minimum absolute atomic E-state index is 0.409. The fourth-order valence-electron chi connectivity index (χ4n) is 1.66. The molecule has 1 aromatic heterocycles. The van der Waals surface area contributed by atoms with E-state index in [9.17, 15) is 0 Å². The molecule has 0 saturated heterocycles. The Morgan fingerprint density at radius 3 is 2.58 bits per heavy atom. The minimum atomic E-state index is 0.409. The lowest BCUT2D eigenvalue weighted by Crippen LogP contribution is -2.04. The van der Waals surface area contributed by atoms with Gasteiger partial charge in [0.2, 0.25) is 0 Å². The quantitative estimate of drug-likeness (QED) is 0.917. The van der Waals surface area contributed by atoms with E-state index in [4.69, 9.17) is 4.74 Å². The maximum Gasteiger partial charge on any atom is 0.156 e. The molecule has 0 aliphatic rings. The summed E-state index contributed by atoms with van der Waals surface area (Å²) < 4.78 is 6.70. The Bertz CT molecular complexity index is 543. The molecule has 1 N–H and O–H groups in total. The van der Waals surface area contributed by atoms with Gasteiger partial charge in [0.05, 0.1) is 6.61 Å². The van der Waals surface area contributed by atoms with Crippen LogP contribution in [-0.2, 0) is 18.0 Å². The first-order valence-electron chi connectivity index (χ1n) is 6.02. The molecule has 0 fully saturated rings. The molecule has 0 radical (unpaired) electrons. The van der Waals surface area contributed by atoms with Crippen molar-refractivity contribution in [3.63, 3.8) is 0 Å². The fourth-order valence-corrected chi connectivity index (χ4v) is 1.93. The highest BCUT2D eigenvalue weighted by molar-refractivity contribution is 9.10. The standard InChI is InChI=1S/C14H16BrN3O/c1-10-7-13(16-2)18-14(17-10)9-19-8-11-3-5-12(15)6-4-11/h3-7H,8-9H2,1-2H3,(H,16,17,18). The molecular weight excluding hydrogens is 306 g/mol. The van der Waals surface area contributed by atoms with Crippen LogP contribution in [0.25, 0.3) is 0 Å². The Balaban J connectivity index is 1.92. The molecule has 2 aromatic rings. The van der Waals surface area contributed by atoms with Crippen LogP contribution in [0, 0.1) is 6.92 Å². The van der Waals surface area contributed by atoms with Crippen molar-refractivity contribution in [2.24, 2.45) is 0 Å². The molecular formula is C14H16BrN3O. The zero-order valence-corrected chi connectivity index (χ0v) is 12.6. The number of nitrogens with one attached hydrogen (secondary N) is 1. The molecule has 4 nitrogen and oxygen atoms in total. The Morgan fingerprint density at radius 2 is 1.89 bits per heavy atom. The zero-order chi connectivity index (χ0) is 13.7. The van der Waals surface area contributed by atoms with Crippen molar-refractivity contribution >= 4 is 21.7 Å². The third kappa shape index (κ3) is 4.29. The van der Waals surface area contributed by atoms with E-state index in [2.05, 4.69) is 31.2 Å². The predicted octanol–water partition coefficient (Wildman–Crippen LogP) is 3.31. The summed E-state index contributed by atoms with van der Waals surface area (Å²) >= 11 is 3.41. The highest BCUT2D eigenvalue weighted by atomic mass is 79.9. The Morgan fingerprint density at radius 1 is 1.16 bits per heavy atom. The van der Waals surface area contributed by atoms with Gasteiger partial charge in [-0.25, -0.2) is 9.97 Å². The monoisotopic (exact) mass is 321 g/mol. The van der Waals surface area contributed by atoms with Gasteiger partial charge in [0.25, 0.3) is 0 Å². The Hall–Kier alpha value is -1.46. The van der Waals surface area contributed by atoms with Crippen LogP contribution in [-0.4, -0.2) is 17.0 Å². The Labute approximate surface area is 121 Å². The number of aromatic nitrogens is 2. The lowest BCUT2D eigenvalue weighted by atomic mass is 10.2. The fraction of sp³-hybridized carbons (Fsp3) is 0.286. The molecule has 0 unspecified atom stereocenters. The van der Waals surface area contributed by atoms with Gasteiger partial charge in [-0.3, -0.25) is 0 Å². The number of benzene rings is 1. The first kappa shape index (κ1) is 14.0. The normalized spacial score (nSPS) is 10.5. The minimum Gasteiger partial charge on any atom is -0.373 e. The summed E-state index contributed by atoms with van der Waals surface area (Å²) in [5.74, 6) is 1.51. The van der Waals surface area contributed by atoms with E-state index < -0.39 is 0 Å². The van der Waals surface area contributed by atoms with Crippen molar-refractivity contribution in [3.05, 3.63) is 51.9 Å². The second-order valence-corrected chi connectivity index (χ2v) is 5.10. The summed E-state index contributed by atoms with van der Waals surface area (Å²) in [6, 6.07) is 9.96. The third-order valence-electron chi connectivity index (χ3n) is 2.57. The molecule has 0 amide bonds. The molecule has 5 heteroatoms. The van der Waals surface area contributed by atoms with E-state index in [1.54, 1.807) is 0 Å². The van der Waals surface area contributed by atoms with Crippen molar-refractivity contribution in [2.45, 2.75) is 20.1 Å². The molecule has 0 spiro atoms. The van der Waals surface area contributed by atoms with Gasteiger partial charge in [-0.15, -0.1) is 0 Å². The highest BCUT2D eigenvalue weighted by Gasteiger charge is 2.02. The van der Waals surface area contributed by atoms with E-state index in [-0.39, 0.29) is 0 Å². The first-order valence-corrected chi connectivity index (χ1v) is 6.81. The summed E-state index contributed by atoms with van der Waals surface area (Å²) in [4.78, 5) is 8.69. The van der Waals surface area contributed by atoms with Gasteiger partial charge in [0.1, 0.15) is 12.4 Å². The van der Waals surface area contributed by atoms with Crippen LogP contribution in [0.2, 0.25) is 0 Å². The van der Waals surface area contributed by atoms with Crippen molar-refractivity contribution < 1.29 is 4.74 Å². The highest BCUT2D eigenvalue weighted by Crippen LogP contribution is 2.12. The number of aryl methyl sites for hydroxylation is 1. The van der Waals surface area contributed by atoms with Gasteiger partial charge < -0.3 is 10.1 Å². The summed E-state index contributed by atoms with van der Waals surface area (Å²) in [6.45, 7) is 2.91. The second kappa shape index (κ2) is 6.63. The van der Waals surface area contributed by atoms with Crippen LogP contribution < -0.4 is 5.32 Å². The van der Waals surface area contributed by atoms with E-state index in [1.165, 1.54) is 0 Å². The molecule has 1 heterocycles. The SMILES string of the molecule is CNc1cc(C)nc(COCc2ccc(Br)cc2)n1. The van der Waals surface area contributed by atoms with E-state index in [0.29, 0.717) is 19.0 Å². The largest absolute Gasteiger partial charge is 0.373 e. The number of nitrogens with zero attached hydrogens (tertiary/aromatic N) is 2. The number of rotatable bonds is 5. The third-order valence-corrected chi connectivity index (χ3v) is 3.10. The molecule has 19 heavy (non-hydrogen) atoms. The van der Waals surface area contributed by atoms with Gasteiger partial charge in [0.15, 0.2) is 5.82 Å². The second-order valence-electron chi connectivity index (χ2n) is 4.18. The number of anilines is 1. The lowest BCUT2D eigenvalue weighted by molar-refractivity contribution is 0.102. The van der Waals surface area contributed by atoms with Gasteiger partial charge in [0, 0.05) is 23.3 Å². The molecule has 0 atom stereocenters. The average molecular weight is 322 g/mol. The molecule has 100 valence electrons. The number of halogens is 1. The van der Waals surface area contributed by atoms with Crippen molar-refractivity contribution in [2.75, 3.05) is 12.4 Å². The van der Waals surface area contributed by atoms with E-state index in [1.807, 2.05) is 44.3 Å². The topological polar surface area (TPSA) is 47.0 Å². The summed E-state index contributed by atoms with van der Waals surface area (Å²) in [6.07, 6.45) is 0. The average Bonchev–Trinajstić information content (AvgIpc) is 2.40. The van der Waals surface area contributed by atoms with Crippen molar-refractivity contribution in [3.8, 4) is 0 Å². The molecule has 0 saturated carbocycles. The molecule has 0 aliphatic carbocycles. The number of hydrogen-bond donors (Lipinski definition) is 1. The van der Waals surface area contributed by atoms with Crippen LogP contribution in [0.1, 0.15) is 17.1 Å². The van der Waals surface area contributed by atoms with E-state index in [0.717, 1.165) is 21.5 Å². The van der Waals surface area contributed by atoms with Crippen molar-refractivity contribution in [1.29, 1.82) is 0 Å². The lowest BCUT2D eigenvalue weighted by Gasteiger charge is -2.06. The van der Waals surface area contributed by atoms with Crippen LogP contribution in [0.5, 0.6) is 0 Å². The summed E-state index contributed by atoms with van der Waals surface area (Å²) in [5, 5.41) is 3.01. The zero-order valence-electron chi connectivity index (χ0n) is 11.0. The van der Waals surface area contributed by atoms with Gasteiger partial charge >= 0.3 is 0 Å². The van der Waals surface area contributed by atoms with Crippen LogP contribution >= 0.6 is 15.9 Å². The molecule has 2 rings (SSSR count). The Kier molecular flexibility index (Phi) is 4.87. The van der Waals surface area contributed by atoms with Gasteiger partial charge in [-0.05, 0) is 24.6 Å². The molecule has 0 bridgehead atoms. The number of hydrogen-bond acceptors (Lipinski definition) is 4. The molecule has 0 aliphatic heterocycles. The predicted molar refractivity (Wildman–Crippen MR) is 79.0 cm³/mol.